The lowest BCUT2D eigenvalue weighted by atomic mass is 10.2. The van der Waals surface area contributed by atoms with Crippen LogP contribution in [-0.4, -0.2) is 19.9 Å². The number of nitrogens with one attached hydrogen (secondary N) is 1. The normalized spacial score (nSPS) is 17.3. The third-order valence-electron chi connectivity index (χ3n) is 2.88. The van der Waals surface area contributed by atoms with Gasteiger partial charge in [-0.3, -0.25) is 4.79 Å². The fourth-order valence-corrected chi connectivity index (χ4v) is 2.40. The summed E-state index contributed by atoms with van der Waals surface area (Å²) in [6, 6.07) is 3.85. The Bertz CT molecular complexity index is 609. The maximum Gasteiger partial charge on any atom is 0.251 e. The van der Waals surface area contributed by atoms with Crippen molar-refractivity contribution in [3.63, 3.8) is 0 Å². The first-order valence-electron chi connectivity index (χ1n) is 5.36. The molecule has 1 aromatic rings. The van der Waals surface area contributed by atoms with Crippen LogP contribution in [0.3, 0.4) is 0 Å². The summed E-state index contributed by atoms with van der Waals surface area (Å²) in [7, 11) is -3.87. The van der Waals surface area contributed by atoms with Crippen molar-refractivity contribution in [3.05, 3.63) is 28.8 Å². The van der Waals surface area contributed by atoms with E-state index in [1.807, 2.05) is 6.92 Å². The van der Waals surface area contributed by atoms with E-state index in [9.17, 15) is 13.2 Å². The Hall–Kier alpha value is -1.11. The van der Waals surface area contributed by atoms with Gasteiger partial charge in [0, 0.05) is 16.1 Å². The third-order valence-corrected chi connectivity index (χ3v) is 3.99. The van der Waals surface area contributed by atoms with Gasteiger partial charge in [0.05, 0.1) is 4.90 Å². The molecule has 5 nitrogen and oxygen atoms in total. The minimum atomic E-state index is -3.87. The summed E-state index contributed by atoms with van der Waals surface area (Å²) >= 11 is 5.79. The highest BCUT2D eigenvalue weighted by molar-refractivity contribution is 7.89. The predicted molar refractivity (Wildman–Crippen MR) is 67.9 cm³/mol. The number of carbonyl (C=O) groups excluding carboxylic acids is 1. The molecule has 2 rings (SSSR count). The molecule has 18 heavy (non-hydrogen) atoms. The van der Waals surface area contributed by atoms with Crippen LogP contribution in [0.15, 0.2) is 23.1 Å². The molecule has 7 heteroatoms. The van der Waals surface area contributed by atoms with Crippen LogP contribution in [0.5, 0.6) is 0 Å². The Balaban J connectivity index is 2.33. The predicted octanol–water partition coefficient (Wildman–Crippen LogP) is 1.27. The van der Waals surface area contributed by atoms with Gasteiger partial charge >= 0.3 is 0 Å². The second kappa shape index (κ2) is 4.22. The maximum atomic E-state index is 11.9. The van der Waals surface area contributed by atoms with E-state index in [0.717, 1.165) is 12.8 Å². The first-order valence-corrected chi connectivity index (χ1v) is 7.28. The van der Waals surface area contributed by atoms with Crippen LogP contribution in [0.25, 0.3) is 0 Å². The molecule has 1 fully saturated rings. The molecule has 1 saturated carbocycles. The summed E-state index contributed by atoms with van der Waals surface area (Å²) in [5.41, 5.74) is 0.0147. The molecule has 1 aromatic carbocycles. The molecule has 98 valence electrons. The van der Waals surface area contributed by atoms with Crippen molar-refractivity contribution in [3.8, 4) is 0 Å². The molecular formula is C11H13ClN2O3S. The number of carbonyl (C=O) groups is 1. The summed E-state index contributed by atoms with van der Waals surface area (Å²) in [6.45, 7) is 1.93. The lowest BCUT2D eigenvalue weighted by Gasteiger charge is -2.12. The van der Waals surface area contributed by atoms with Gasteiger partial charge in [-0.2, -0.15) is 0 Å². The molecule has 0 unspecified atom stereocenters. The average molecular weight is 289 g/mol. The number of hydrogen-bond donors (Lipinski definition) is 2. The molecule has 0 radical (unpaired) electrons. The van der Waals surface area contributed by atoms with E-state index in [1.54, 1.807) is 0 Å². The van der Waals surface area contributed by atoms with Gasteiger partial charge in [-0.1, -0.05) is 11.6 Å². The monoisotopic (exact) mass is 288 g/mol. The van der Waals surface area contributed by atoms with E-state index in [1.165, 1.54) is 18.2 Å². The summed E-state index contributed by atoms with van der Waals surface area (Å²) in [5, 5.41) is 8.00. The van der Waals surface area contributed by atoms with Crippen LogP contribution >= 0.6 is 11.6 Å². The molecule has 3 N–H and O–H groups in total. The van der Waals surface area contributed by atoms with Gasteiger partial charge in [-0.25, -0.2) is 13.6 Å². The van der Waals surface area contributed by atoms with E-state index >= 15 is 0 Å². The number of amides is 1. The molecule has 0 atom stereocenters. The SMILES string of the molecule is CC1(NC(=O)c2cc(Cl)cc(S(N)(=O)=O)c2)CC1. The fourth-order valence-electron chi connectivity index (χ4n) is 1.52. The third kappa shape index (κ3) is 3.01. The Labute approximate surface area is 110 Å². The van der Waals surface area contributed by atoms with Crippen molar-refractivity contribution in [1.29, 1.82) is 0 Å². The second-order valence-electron chi connectivity index (χ2n) is 4.74. The minimum Gasteiger partial charge on any atom is -0.347 e. The van der Waals surface area contributed by atoms with Crippen LogP contribution in [0.4, 0.5) is 0 Å². The van der Waals surface area contributed by atoms with Crippen molar-refractivity contribution >= 4 is 27.5 Å². The Morgan fingerprint density at radius 3 is 2.50 bits per heavy atom. The minimum absolute atomic E-state index is 0.160. The second-order valence-corrected chi connectivity index (χ2v) is 6.73. The van der Waals surface area contributed by atoms with Crippen LogP contribution in [-0.2, 0) is 10.0 Å². The summed E-state index contributed by atoms with van der Waals surface area (Å²) in [4.78, 5) is 11.8. The van der Waals surface area contributed by atoms with Crippen molar-refractivity contribution in [2.75, 3.05) is 0 Å². The molecule has 0 aromatic heterocycles. The number of nitrogens with two attached hydrogens (primary N) is 1. The highest BCUT2D eigenvalue weighted by Gasteiger charge is 2.38. The number of halogens is 1. The number of sulfonamides is 1. The Morgan fingerprint density at radius 2 is 2.00 bits per heavy atom. The van der Waals surface area contributed by atoms with Crippen molar-refractivity contribution in [2.24, 2.45) is 5.14 Å². The molecule has 0 saturated heterocycles. The largest absolute Gasteiger partial charge is 0.347 e. The van der Waals surface area contributed by atoms with Crippen LogP contribution in [0.1, 0.15) is 30.1 Å². The number of benzene rings is 1. The van der Waals surface area contributed by atoms with Crippen LogP contribution in [0, 0.1) is 0 Å². The van der Waals surface area contributed by atoms with E-state index in [2.05, 4.69) is 5.32 Å². The topological polar surface area (TPSA) is 89.3 Å². The summed E-state index contributed by atoms with van der Waals surface area (Å²) in [5.74, 6) is -0.345. The zero-order valence-electron chi connectivity index (χ0n) is 9.73. The van der Waals surface area contributed by atoms with Gasteiger partial charge in [0.25, 0.3) is 5.91 Å². The van der Waals surface area contributed by atoms with E-state index in [4.69, 9.17) is 16.7 Å². The van der Waals surface area contributed by atoms with Gasteiger partial charge < -0.3 is 5.32 Å². The highest BCUT2D eigenvalue weighted by atomic mass is 35.5. The van der Waals surface area contributed by atoms with Crippen LogP contribution in [0.2, 0.25) is 5.02 Å². The zero-order chi connectivity index (χ0) is 13.6. The molecule has 0 spiro atoms. The van der Waals surface area contributed by atoms with Gasteiger partial charge in [0.2, 0.25) is 10.0 Å². The Morgan fingerprint density at radius 1 is 1.39 bits per heavy atom. The van der Waals surface area contributed by atoms with Crippen molar-refractivity contribution < 1.29 is 13.2 Å². The number of primary sulfonamides is 1. The van der Waals surface area contributed by atoms with E-state index < -0.39 is 10.0 Å². The maximum absolute atomic E-state index is 11.9. The molecular weight excluding hydrogens is 276 g/mol. The van der Waals surface area contributed by atoms with Crippen LogP contribution < -0.4 is 10.5 Å². The number of hydrogen-bond acceptors (Lipinski definition) is 3. The quantitative estimate of drug-likeness (QED) is 0.878. The Kier molecular flexibility index (Phi) is 3.12. The van der Waals surface area contributed by atoms with Gasteiger partial charge in [0.1, 0.15) is 0 Å². The first-order chi connectivity index (χ1) is 8.20. The summed E-state index contributed by atoms with van der Waals surface area (Å²) < 4.78 is 22.5. The van der Waals surface area contributed by atoms with Gasteiger partial charge in [-0.15, -0.1) is 0 Å². The smallest absolute Gasteiger partial charge is 0.251 e. The van der Waals surface area contributed by atoms with Crippen molar-refractivity contribution in [1.82, 2.24) is 5.32 Å². The molecule has 0 heterocycles. The van der Waals surface area contributed by atoms with Gasteiger partial charge in [0.15, 0.2) is 0 Å². The molecule has 1 aliphatic rings. The van der Waals surface area contributed by atoms with E-state index in [0.29, 0.717) is 0 Å². The fraction of sp³-hybridized carbons (Fsp3) is 0.364. The zero-order valence-corrected chi connectivity index (χ0v) is 11.3. The highest BCUT2D eigenvalue weighted by Crippen LogP contribution is 2.34. The molecule has 1 aliphatic carbocycles. The lowest BCUT2D eigenvalue weighted by molar-refractivity contribution is 0.0935. The number of rotatable bonds is 3. The molecule has 0 aliphatic heterocycles. The van der Waals surface area contributed by atoms with E-state index in [-0.39, 0.29) is 26.9 Å². The van der Waals surface area contributed by atoms with Gasteiger partial charge in [-0.05, 0) is 38.0 Å². The average Bonchev–Trinajstić information content (AvgIpc) is 2.93. The lowest BCUT2D eigenvalue weighted by Crippen LogP contribution is -2.34. The molecule has 0 bridgehead atoms. The summed E-state index contributed by atoms with van der Waals surface area (Å²) in [6.07, 6.45) is 1.84. The molecule has 1 amide bonds. The first kappa shape index (κ1) is 13.3. The van der Waals surface area contributed by atoms with Crippen molar-refractivity contribution in [2.45, 2.75) is 30.2 Å². The standard InChI is InChI=1S/C11H13ClN2O3S/c1-11(2-3-11)14-10(15)7-4-8(12)6-9(5-7)18(13,16)17/h4-6H,2-3H2,1H3,(H,14,15)(H2,13,16,17).